The second kappa shape index (κ2) is 4.71. The summed E-state index contributed by atoms with van der Waals surface area (Å²) in [6, 6.07) is 0.402. The minimum Gasteiger partial charge on any atom is -0.351 e. The standard InChI is InChI=1S/C18H30N2O/c1-17-7-12-6-13(8-17)10-18(9-12,11-17)16(21)20-15-5-3-2-4-14(15)19/h12-15H,2-11,19H2,1H3,(H,20,21). The average Bonchev–Trinajstić information content (AvgIpc) is 2.38. The SMILES string of the molecule is CC12CC3CC(C1)CC(C(=O)NC1CCCCC1N)(C3)C2. The van der Waals surface area contributed by atoms with Gasteiger partial charge in [0, 0.05) is 12.1 Å². The molecule has 5 rings (SSSR count). The van der Waals surface area contributed by atoms with Crippen molar-refractivity contribution in [1.29, 1.82) is 0 Å². The number of hydrogen-bond acceptors (Lipinski definition) is 2. The quantitative estimate of drug-likeness (QED) is 0.821. The molecule has 4 bridgehead atoms. The van der Waals surface area contributed by atoms with E-state index in [0.29, 0.717) is 11.3 Å². The van der Waals surface area contributed by atoms with E-state index in [1.807, 2.05) is 0 Å². The predicted molar refractivity (Wildman–Crippen MR) is 83.6 cm³/mol. The Kier molecular flexibility index (Phi) is 3.15. The van der Waals surface area contributed by atoms with Crippen LogP contribution in [0.1, 0.15) is 71.1 Å². The van der Waals surface area contributed by atoms with Gasteiger partial charge in [-0.25, -0.2) is 0 Å². The molecule has 3 N–H and O–H groups in total. The molecule has 21 heavy (non-hydrogen) atoms. The Morgan fingerprint density at radius 1 is 1.10 bits per heavy atom. The normalized spacial score (nSPS) is 51.9. The highest BCUT2D eigenvalue weighted by atomic mass is 16.2. The summed E-state index contributed by atoms with van der Waals surface area (Å²) >= 11 is 0. The smallest absolute Gasteiger partial charge is 0.226 e. The zero-order valence-electron chi connectivity index (χ0n) is 13.4. The van der Waals surface area contributed by atoms with Crippen molar-refractivity contribution in [3.05, 3.63) is 0 Å². The maximum Gasteiger partial charge on any atom is 0.226 e. The van der Waals surface area contributed by atoms with E-state index in [4.69, 9.17) is 5.73 Å². The number of carbonyl (C=O) groups excluding carboxylic acids is 1. The second-order valence-corrected chi connectivity index (χ2v) is 9.08. The summed E-state index contributed by atoms with van der Waals surface area (Å²) in [4.78, 5) is 13.1. The molecular formula is C18H30N2O. The highest BCUT2D eigenvalue weighted by Gasteiger charge is 2.59. The van der Waals surface area contributed by atoms with E-state index in [1.54, 1.807) is 0 Å². The lowest BCUT2D eigenvalue weighted by Gasteiger charge is -2.60. The Hall–Kier alpha value is -0.570. The lowest BCUT2D eigenvalue weighted by Crippen LogP contribution is -2.60. The fraction of sp³-hybridized carbons (Fsp3) is 0.944. The maximum absolute atomic E-state index is 13.1. The first-order valence-electron chi connectivity index (χ1n) is 9.05. The first-order valence-corrected chi connectivity index (χ1v) is 9.05. The molecule has 0 spiro atoms. The van der Waals surface area contributed by atoms with Crippen LogP contribution in [0.25, 0.3) is 0 Å². The molecule has 0 aromatic heterocycles. The summed E-state index contributed by atoms with van der Waals surface area (Å²) in [7, 11) is 0. The molecule has 1 amide bonds. The van der Waals surface area contributed by atoms with E-state index >= 15 is 0 Å². The van der Waals surface area contributed by atoms with Crippen LogP contribution in [-0.4, -0.2) is 18.0 Å². The van der Waals surface area contributed by atoms with E-state index in [1.165, 1.54) is 32.1 Å². The van der Waals surface area contributed by atoms with Gasteiger partial charge in [0.15, 0.2) is 0 Å². The number of rotatable bonds is 2. The van der Waals surface area contributed by atoms with Gasteiger partial charge in [0.1, 0.15) is 0 Å². The van der Waals surface area contributed by atoms with Gasteiger partial charge in [0.2, 0.25) is 5.91 Å². The number of hydrogen-bond donors (Lipinski definition) is 2. The molecule has 0 heterocycles. The molecule has 3 nitrogen and oxygen atoms in total. The number of amides is 1. The van der Waals surface area contributed by atoms with Gasteiger partial charge in [-0.05, 0) is 68.6 Å². The Morgan fingerprint density at radius 3 is 2.38 bits per heavy atom. The van der Waals surface area contributed by atoms with Crippen molar-refractivity contribution in [2.24, 2.45) is 28.4 Å². The highest BCUT2D eigenvalue weighted by molar-refractivity contribution is 5.83. The predicted octanol–water partition coefficient (Wildman–Crippen LogP) is 2.98. The van der Waals surface area contributed by atoms with Crippen molar-refractivity contribution in [2.75, 3.05) is 0 Å². The van der Waals surface area contributed by atoms with E-state index in [2.05, 4.69) is 12.2 Å². The molecule has 5 saturated carbocycles. The zero-order chi connectivity index (χ0) is 14.7. The van der Waals surface area contributed by atoms with E-state index in [0.717, 1.165) is 43.9 Å². The second-order valence-electron chi connectivity index (χ2n) is 9.08. The van der Waals surface area contributed by atoms with Crippen LogP contribution in [0.4, 0.5) is 0 Å². The minimum atomic E-state index is -0.0456. The van der Waals surface area contributed by atoms with Gasteiger partial charge in [0.05, 0.1) is 5.41 Å². The van der Waals surface area contributed by atoms with E-state index < -0.39 is 0 Å². The zero-order valence-corrected chi connectivity index (χ0v) is 13.4. The van der Waals surface area contributed by atoms with Gasteiger partial charge in [0.25, 0.3) is 0 Å². The highest BCUT2D eigenvalue weighted by Crippen LogP contribution is 2.65. The summed E-state index contributed by atoms with van der Waals surface area (Å²) in [6.07, 6.45) is 12.1. The van der Waals surface area contributed by atoms with E-state index in [-0.39, 0.29) is 17.5 Å². The summed E-state index contributed by atoms with van der Waals surface area (Å²) in [5, 5.41) is 3.38. The van der Waals surface area contributed by atoms with Gasteiger partial charge < -0.3 is 11.1 Å². The fourth-order valence-corrected chi connectivity index (χ4v) is 6.65. The minimum absolute atomic E-state index is 0.0456. The molecule has 4 unspecified atom stereocenters. The van der Waals surface area contributed by atoms with Crippen molar-refractivity contribution in [3.8, 4) is 0 Å². The van der Waals surface area contributed by atoms with Gasteiger partial charge in [-0.1, -0.05) is 19.8 Å². The Bertz CT molecular complexity index is 432. The largest absolute Gasteiger partial charge is 0.351 e. The molecule has 5 aliphatic carbocycles. The molecule has 0 aromatic rings. The maximum atomic E-state index is 13.1. The monoisotopic (exact) mass is 290 g/mol. The van der Waals surface area contributed by atoms with Crippen molar-refractivity contribution in [1.82, 2.24) is 5.32 Å². The van der Waals surface area contributed by atoms with Crippen LogP contribution in [0, 0.1) is 22.7 Å². The van der Waals surface area contributed by atoms with Crippen LogP contribution in [-0.2, 0) is 4.79 Å². The number of nitrogens with one attached hydrogen (secondary N) is 1. The van der Waals surface area contributed by atoms with Gasteiger partial charge in [-0.3, -0.25) is 4.79 Å². The van der Waals surface area contributed by atoms with Crippen LogP contribution in [0.3, 0.4) is 0 Å². The molecule has 4 atom stereocenters. The van der Waals surface area contributed by atoms with Crippen molar-refractivity contribution in [2.45, 2.75) is 83.2 Å². The Balaban J connectivity index is 1.51. The molecule has 118 valence electrons. The lowest BCUT2D eigenvalue weighted by molar-refractivity contribution is -0.156. The van der Waals surface area contributed by atoms with Crippen LogP contribution < -0.4 is 11.1 Å². The third-order valence-electron chi connectivity index (χ3n) is 6.97. The van der Waals surface area contributed by atoms with Crippen molar-refractivity contribution >= 4 is 5.91 Å². The topological polar surface area (TPSA) is 55.1 Å². The summed E-state index contributed by atoms with van der Waals surface area (Å²) in [6.45, 7) is 2.43. The summed E-state index contributed by atoms with van der Waals surface area (Å²) in [5.74, 6) is 1.97. The van der Waals surface area contributed by atoms with Gasteiger partial charge in [-0.2, -0.15) is 0 Å². The first-order chi connectivity index (χ1) is 9.98. The van der Waals surface area contributed by atoms with Crippen molar-refractivity contribution in [3.63, 3.8) is 0 Å². The molecule has 0 aromatic carbocycles. The van der Waals surface area contributed by atoms with Crippen LogP contribution in [0.15, 0.2) is 0 Å². The third-order valence-corrected chi connectivity index (χ3v) is 6.97. The molecule has 0 saturated heterocycles. The Labute approximate surface area is 128 Å². The number of nitrogens with two attached hydrogens (primary N) is 1. The third kappa shape index (κ3) is 2.32. The Morgan fingerprint density at radius 2 is 1.76 bits per heavy atom. The van der Waals surface area contributed by atoms with Gasteiger partial charge >= 0.3 is 0 Å². The molecule has 5 aliphatic rings. The molecule has 0 radical (unpaired) electrons. The van der Waals surface area contributed by atoms with Crippen molar-refractivity contribution < 1.29 is 4.79 Å². The van der Waals surface area contributed by atoms with Crippen LogP contribution in [0.2, 0.25) is 0 Å². The van der Waals surface area contributed by atoms with Crippen LogP contribution >= 0.6 is 0 Å². The summed E-state index contributed by atoms with van der Waals surface area (Å²) in [5.41, 5.74) is 6.62. The van der Waals surface area contributed by atoms with E-state index in [9.17, 15) is 4.79 Å². The van der Waals surface area contributed by atoms with Gasteiger partial charge in [-0.15, -0.1) is 0 Å². The molecule has 0 aliphatic heterocycles. The molecule has 5 fully saturated rings. The van der Waals surface area contributed by atoms with Crippen LogP contribution in [0.5, 0.6) is 0 Å². The average molecular weight is 290 g/mol. The first kappa shape index (κ1) is 14.0. The molecule has 3 heteroatoms. The number of carbonyl (C=O) groups is 1. The summed E-state index contributed by atoms with van der Waals surface area (Å²) < 4.78 is 0. The lowest BCUT2D eigenvalue weighted by atomic mass is 9.44. The fourth-order valence-electron chi connectivity index (χ4n) is 6.65. The molecular weight excluding hydrogens is 260 g/mol.